The van der Waals surface area contributed by atoms with Crippen molar-refractivity contribution >= 4 is 23.8 Å². The summed E-state index contributed by atoms with van der Waals surface area (Å²) in [5.74, 6) is 0.488. The van der Waals surface area contributed by atoms with E-state index in [1.807, 2.05) is 30.3 Å². The molecule has 0 aliphatic carbocycles. The van der Waals surface area contributed by atoms with Crippen LogP contribution in [0.15, 0.2) is 35.2 Å². The lowest BCUT2D eigenvalue weighted by molar-refractivity contribution is -0.135. The zero-order valence-electron chi connectivity index (χ0n) is 12.2. The summed E-state index contributed by atoms with van der Waals surface area (Å²) in [6, 6.07) is 9.32. The molecule has 1 heterocycles. The van der Waals surface area contributed by atoms with Gasteiger partial charge < -0.3 is 20.1 Å². The Morgan fingerprint density at radius 2 is 1.95 bits per heavy atom. The number of carbonyl (C=O) groups excluding carboxylic acids is 1. The summed E-state index contributed by atoms with van der Waals surface area (Å²) >= 11 is 1.54. The van der Waals surface area contributed by atoms with Gasteiger partial charge in [0.15, 0.2) is 0 Å². The first-order valence-electron chi connectivity index (χ1n) is 7.18. The number of nitrogens with one attached hydrogen (secondary N) is 1. The number of morpholine rings is 1. The lowest BCUT2D eigenvalue weighted by Crippen LogP contribution is -2.45. The number of hydrogen-bond donors (Lipinski definition) is 2. The molecule has 1 fully saturated rings. The van der Waals surface area contributed by atoms with Crippen LogP contribution in [0.2, 0.25) is 0 Å². The molecule has 0 unspecified atom stereocenters. The van der Waals surface area contributed by atoms with Crippen LogP contribution in [0.1, 0.15) is 6.42 Å². The van der Waals surface area contributed by atoms with Crippen LogP contribution < -0.4 is 5.32 Å². The normalized spacial score (nSPS) is 16.1. The van der Waals surface area contributed by atoms with Gasteiger partial charge in [-0.2, -0.15) is 0 Å². The number of thioether (sulfide) groups is 1. The van der Waals surface area contributed by atoms with Gasteiger partial charge in [0.25, 0.3) is 0 Å². The van der Waals surface area contributed by atoms with Gasteiger partial charge in [-0.25, -0.2) is 4.79 Å². The number of rotatable bonds is 6. The SMILES string of the molecule is O=C(O)N[C@@H](CSc1ccccc1)CC(=O)N1CCOCC1. The number of nitrogens with zero attached hydrogens (tertiary/aromatic N) is 1. The lowest BCUT2D eigenvalue weighted by atomic mass is 10.2. The quantitative estimate of drug-likeness (QED) is 0.778. The standard InChI is InChI=1S/C15H20N2O4S/c18-14(17-6-8-21-9-7-17)10-12(16-15(19)20)11-22-13-4-2-1-3-5-13/h1-5,12,16H,6-11H2,(H,19,20)/t12-/m1/s1. The van der Waals surface area contributed by atoms with Gasteiger partial charge in [-0.3, -0.25) is 4.79 Å². The maximum Gasteiger partial charge on any atom is 0.404 e. The summed E-state index contributed by atoms with van der Waals surface area (Å²) in [4.78, 5) is 25.9. The summed E-state index contributed by atoms with van der Waals surface area (Å²) in [6.45, 7) is 2.23. The molecule has 0 radical (unpaired) electrons. The Kier molecular flexibility index (Phi) is 6.54. The fourth-order valence-electron chi connectivity index (χ4n) is 2.19. The van der Waals surface area contributed by atoms with Crippen LogP contribution in [0.4, 0.5) is 4.79 Å². The molecule has 22 heavy (non-hydrogen) atoms. The van der Waals surface area contributed by atoms with Crippen LogP contribution in [0.25, 0.3) is 0 Å². The second-order valence-corrected chi connectivity index (χ2v) is 6.06. The minimum Gasteiger partial charge on any atom is -0.465 e. The van der Waals surface area contributed by atoms with Crippen LogP contribution in [0, 0.1) is 0 Å². The van der Waals surface area contributed by atoms with Gasteiger partial charge in [0.2, 0.25) is 5.91 Å². The van der Waals surface area contributed by atoms with E-state index in [0.717, 1.165) is 4.90 Å². The number of carboxylic acid groups (broad SMARTS) is 1. The largest absolute Gasteiger partial charge is 0.465 e. The van der Waals surface area contributed by atoms with Crippen molar-refractivity contribution < 1.29 is 19.4 Å². The average Bonchev–Trinajstić information content (AvgIpc) is 2.54. The third-order valence-corrected chi connectivity index (χ3v) is 4.48. The van der Waals surface area contributed by atoms with Crippen molar-refractivity contribution in [3.8, 4) is 0 Å². The second-order valence-electron chi connectivity index (χ2n) is 4.97. The number of hydrogen-bond acceptors (Lipinski definition) is 4. The van der Waals surface area contributed by atoms with E-state index < -0.39 is 12.1 Å². The van der Waals surface area contributed by atoms with Crippen LogP contribution in [0.3, 0.4) is 0 Å². The average molecular weight is 324 g/mol. The Morgan fingerprint density at radius 3 is 2.59 bits per heavy atom. The molecular formula is C15H20N2O4S. The molecule has 0 spiro atoms. The molecule has 1 saturated heterocycles. The lowest BCUT2D eigenvalue weighted by Gasteiger charge is -2.28. The van der Waals surface area contributed by atoms with Crippen molar-refractivity contribution in [1.29, 1.82) is 0 Å². The Hall–Kier alpha value is -1.73. The van der Waals surface area contributed by atoms with Gasteiger partial charge in [0.1, 0.15) is 0 Å². The van der Waals surface area contributed by atoms with Gasteiger partial charge in [0, 0.05) is 30.2 Å². The molecule has 0 bridgehead atoms. The van der Waals surface area contributed by atoms with E-state index in [0.29, 0.717) is 32.1 Å². The van der Waals surface area contributed by atoms with E-state index in [-0.39, 0.29) is 12.3 Å². The van der Waals surface area contributed by atoms with Gasteiger partial charge in [0.05, 0.1) is 19.3 Å². The molecule has 120 valence electrons. The third-order valence-electron chi connectivity index (χ3n) is 3.31. The minimum absolute atomic E-state index is 0.0317. The zero-order chi connectivity index (χ0) is 15.8. The maximum atomic E-state index is 12.2. The molecule has 0 aromatic heterocycles. The molecule has 1 aliphatic heterocycles. The number of amides is 2. The number of carbonyl (C=O) groups is 2. The highest BCUT2D eigenvalue weighted by Gasteiger charge is 2.22. The van der Waals surface area contributed by atoms with E-state index in [1.54, 1.807) is 4.90 Å². The summed E-state index contributed by atoms with van der Waals surface area (Å²) < 4.78 is 5.22. The topological polar surface area (TPSA) is 78.9 Å². The molecule has 0 saturated carbocycles. The second kappa shape index (κ2) is 8.65. The van der Waals surface area contributed by atoms with E-state index in [1.165, 1.54) is 11.8 Å². The van der Waals surface area contributed by atoms with Crippen LogP contribution in [0.5, 0.6) is 0 Å². The van der Waals surface area contributed by atoms with Crippen molar-refractivity contribution in [3.05, 3.63) is 30.3 Å². The summed E-state index contributed by atoms with van der Waals surface area (Å²) in [6.07, 6.45) is -0.931. The van der Waals surface area contributed by atoms with Crippen LogP contribution in [-0.4, -0.2) is 60.1 Å². The molecule has 1 aromatic carbocycles. The monoisotopic (exact) mass is 324 g/mol. The van der Waals surface area contributed by atoms with E-state index in [2.05, 4.69) is 5.32 Å². The third kappa shape index (κ3) is 5.57. The van der Waals surface area contributed by atoms with Crippen LogP contribution in [-0.2, 0) is 9.53 Å². The molecule has 1 atom stereocenters. The predicted octanol–water partition coefficient (Wildman–Crippen LogP) is 1.66. The molecule has 1 aliphatic rings. The predicted molar refractivity (Wildman–Crippen MR) is 84.1 cm³/mol. The van der Waals surface area contributed by atoms with Gasteiger partial charge in [-0.15, -0.1) is 11.8 Å². The number of benzene rings is 1. The molecule has 7 heteroatoms. The fourth-order valence-corrected chi connectivity index (χ4v) is 3.14. The van der Waals surface area contributed by atoms with E-state index >= 15 is 0 Å². The Balaban J connectivity index is 1.87. The maximum absolute atomic E-state index is 12.2. The highest BCUT2D eigenvalue weighted by atomic mass is 32.2. The van der Waals surface area contributed by atoms with Gasteiger partial charge >= 0.3 is 6.09 Å². The van der Waals surface area contributed by atoms with Crippen molar-refractivity contribution in [2.24, 2.45) is 0 Å². The Bertz CT molecular complexity index is 492. The first kappa shape index (κ1) is 16.6. The first-order chi connectivity index (χ1) is 10.6. The van der Waals surface area contributed by atoms with Crippen molar-refractivity contribution in [2.45, 2.75) is 17.4 Å². The highest BCUT2D eigenvalue weighted by Crippen LogP contribution is 2.19. The molecule has 2 N–H and O–H groups in total. The van der Waals surface area contributed by atoms with Gasteiger partial charge in [-0.05, 0) is 12.1 Å². The summed E-state index contributed by atoms with van der Waals surface area (Å²) in [5.41, 5.74) is 0. The molecule has 1 aromatic rings. The Labute approximate surface area is 133 Å². The van der Waals surface area contributed by atoms with E-state index in [9.17, 15) is 9.59 Å². The molecule has 2 rings (SSSR count). The van der Waals surface area contributed by atoms with Crippen molar-refractivity contribution in [3.63, 3.8) is 0 Å². The van der Waals surface area contributed by atoms with Crippen molar-refractivity contribution in [2.75, 3.05) is 32.1 Å². The fraction of sp³-hybridized carbons (Fsp3) is 0.467. The number of ether oxygens (including phenoxy) is 1. The molecule has 6 nitrogen and oxygen atoms in total. The molecular weight excluding hydrogens is 304 g/mol. The van der Waals surface area contributed by atoms with E-state index in [4.69, 9.17) is 9.84 Å². The zero-order valence-corrected chi connectivity index (χ0v) is 13.1. The first-order valence-corrected chi connectivity index (χ1v) is 8.16. The smallest absolute Gasteiger partial charge is 0.404 e. The Morgan fingerprint density at radius 1 is 1.27 bits per heavy atom. The highest BCUT2D eigenvalue weighted by molar-refractivity contribution is 7.99. The minimum atomic E-state index is -1.10. The van der Waals surface area contributed by atoms with Crippen molar-refractivity contribution in [1.82, 2.24) is 10.2 Å². The van der Waals surface area contributed by atoms with Crippen LogP contribution >= 0.6 is 11.8 Å². The molecule has 2 amide bonds. The summed E-state index contributed by atoms with van der Waals surface area (Å²) in [5, 5.41) is 11.4. The van der Waals surface area contributed by atoms with Gasteiger partial charge in [-0.1, -0.05) is 18.2 Å². The summed E-state index contributed by atoms with van der Waals surface area (Å²) in [7, 11) is 0.